The first kappa shape index (κ1) is 14.5. The zero-order valence-electron chi connectivity index (χ0n) is 11.6. The maximum absolute atomic E-state index is 13.8. The van der Waals surface area contributed by atoms with Crippen LogP contribution in [-0.4, -0.2) is 16.7 Å². The van der Waals surface area contributed by atoms with Crippen molar-refractivity contribution in [2.45, 2.75) is 33.4 Å². The van der Waals surface area contributed by atoms with Crippen LogP contribution >= 0.6 is 0 Å². The summed E-state index contributed by atoms with van der Waals surface area (Å²) >= 11 is 0. The van der Waals surface area contributed by atoms with Crippen molar-refractivity contribution < 1.29 is 13.7 Å². The number of para-hydroxylation sites is 1. The fourth-order valence-electron chi connectivity index (χ4n) is 1.74. The Kier molecular flexibility index (Phi) is 5.06. The van der Waals surface area contributed by atoms with Crippen molar-refractivity contribution in [1.82, 2.24) is 15.5 Å². The van der Waals surface area contributed by atoms with Gasteiger partial charge in [-0.25, -0.2) is 4.39 Å². The van der Waals surface area contributed by atoms with Crippen LogP contribution in [0.25, 0.3) is 0 Å². The van der Waals surface area contributed by atoms with Crippen molar-refractivity contribution in [3.63, 3.8) is 0 Å². The number of hydrogen-bond acceptors (Lipinski definition) is 5. The van der Waals surface area contributed by atoms with Gasteiger partial charge in [0, 0.05) is 18.5 Å². The van der Waals surface area contributed by atoms with Gasteiger partial charge in [0.25, 0.3) is 0 Å². The van der Waals surface area contributed by atoms with Gasteiger partial charge in [-0.2, -0.15) is 4.98 Å². The molecule has 1 aromatic carbocycles. The van der Waals surface area contributed by atoms with Crippen LogP contribution in [0.3, 0.4) is 0 Å². The maximum Gasteiger partial charge on any atom is 0.226 e. The molecule has 20 heavy (non-hydrogen) atoms. The first-order valence-corrected chi connectivity index (χ1v) is 6.67. The monoisotopic (exact) mass is 279 g/mol. The van der Waals surface area contributed by atoms with Crippen LogP contribution in [0, 0.1) is 5.82 Å². The molecule has 6 heteroatoms. The molecule has 2 aromatic rings. The molecule has 0 aliphatic carbocycles. The first-order chi connectivity index (χ1) is 9.74. The van der Waals surface area contributed by atoms with E-state index in [1.165, 1.54) is 6.07 Å². The largest absolute Gasteiger partial charge is 0.482 e. The molecule has 108 valence electrons. The highest BCUT2D eigenvalue weighted by molar-refractivity contribution is 5.34. The molecule has 1 aromatic heterocycles. The van der Waals surface area contributed by atoms with Gasteiger partial charge in [0.2, 0.25) is 11.7 Å². The van der Waals surface area contributed by atoms with Crippen molar-refractivity contribution >= 4 is 0 Å². The predicted molar refractivity (Wildman–Crippen MR) is 71.8 cm³/mol. The van der Waals surface area contributed by atoms with Gasteiger partial charge in [0.05, 0.1) is 0 Å². The molecule has 0 saturated heterocycles. The summed E-state index contributed by atoms with van der Waals surface area (Å²) in [7, 11) is 0. The molecule has 1 N–H and O–H groups in total. The minimum atomic E-state index is -0.389. The van der Waals surface area contributed by atoms with E-state index in [0.717, 1.165) is 12.1 Å². The first-order valence-electron chi connectivity index (χ1n) is 6.67. The Bertz CT molecular complexity index is 557. The van der Waals surface area contributed by atoms with E-state index in [1.807, 2.05) is 19.9 Å². The fraction of sp³-hybridized carbons (Fsp3) is 0.429. The molecule has 0 radical (unpaired) electrons. The molecule has 0 amide bonds. The number of nitrogens with one attached hydrogen (secondary N) is 1. The van der Waals surface area contributed by atoms with Gasteiger partial charge in [-0.05, 0) is 12.6 Å². The Balaban J connectivity index is 2.07. The average Bonchev–Trinajstić information content (AvgIpc) is 2.92. The average molecular weight is 279 g/mol. The smallest absolute Gasteiger partial charge is 0.226 e. The summed E-state index contributed by atoms with van der Waals surface area (Å²) in [6.07, 6.45) is 0.665. The highest BCUT2D eigenvalue weighted by Gasteiger charge is 2.12. The van der Waals surface area contributed by atoms with E-state index >= 15 is 0 Å². The van der Waals surface area contributed by atoms with Crippen LogP contribution in [0.5, 0.6) is 5.75 Å². The molecule has 0 aliphatic rings. The topological polar surface area (TPSA) is 60.2 Å². The van der Waals surface area contributed by atoms with E-state index in [4.69, 9.17) is 9.26 Å². The van der Waals surface area contributed by atoms with Gasteiger partial charge in [0.15, 0.2) is 18.2 Å². The molecule has 5 nitrogen and oxygen atoms in total. The summed E-state index contributed by atoms with van der Waals surface area (Å²) in [5.41, 5.74) is 0.769. The van der Waals surface area contributed by atoms with Gasteiger partial charge in [-0.1, -0.05) is 31.1 Å². The molecule has 0 atom stereocenters. The van der Waals surface area contributed by atoms with Gasteiger partial charge < -0.3 is 14.6 Å². The van der Waals surface area contributed by atoms with Crippen molar-refractivity contribution in [2.24, 2.45) is 0 Å². The van der Waals surface area contributed by atoms with E-state index in [9.17, 15) is 4.39 Å². The highest BCUT2D eigenvalue weighted by atomic mass is 19.1. The Morgan fingerprint density at radius 3 is 2.90 bits per heavy atom. The summed E-state index contributed by atoms with van der Waals surface area (Å²) in [4.78, 5) is 4.12. The molecule has 0 aliphatic heterocycles. The Labute approximate surface area is 117 Å². The van der Waals surface area contributed by atoms with Gasteiger partial charge in [0.1, 0.15) is 0 Å². The number of ether oxygens (including phenoxy) is 1. The minimum absolute atomic E-state index is 0.0869. The van der Waals surface area contributed by atoms with Crippen molar-refractivity contribution in [2.75, 3.05) is 6.54 Å². The van der Waals surface area contributed by atoms with E-state index in [1.54, 1.807) is 6.07 Å². The van der Waals surface area contributed by atoms with Crippen LogP contribution in [-0.2, 0) is 19.6 Å². The Hall–Kier alpha value is -1.95. The van der Waals surface area contributed by atoms with Gasteiger partial charge in [-0.15, -0.1) is 0 Å². The molecule has 0 bridgehead atoms. The third-order valence-electron chi connectivity index (χ3n) is 2.77. The zero-order valence-corrected chi connectivity index (χ0v) is 11.6. The van der Waals surface area contributed by atoms with Crippen LogP contribution in [0.4, 0.5) is 4.39 Å². The molecule has 2 rings (SSSR count). The Morgan fingerprint density at radius 1 is 1.35 bits per heavy atom. The molecular weight excluding hydrogens is 261 g/mol. The normalized spacial score (nSPS) is 10.8. The quantitative estimate of drug-likeness (QED) is 0.843. The fourth-order valence-corrected chi connectivity index (χ4v) is 1.74. The van der Waals surface area contributed by atoms with Crippen LogP contribution in [0.1, 0.15) is 31.1 Å². The van der Waals surface area contributed by atoms with E-state index in [2.05, 4.69) is 15.5 Å². The van der Waals surface area contributed by atoms with E-state index in [0.29, 0.717) is 24.7 Å². The summed E-state index contributed by atoms with van der Waals surface area (Å²) in [6, 6.07) is 4.87. The van der Waals surface area contributed by atoms with Crippen LogP contribution in [0.2, 0.25) is 0 Å². The van der Waals surface area contributed by atoms with Crippen molar-refractivity contribution in [3.8, 4) is 5.75 Å². The molecular formula is C14H18FN3O2. The summed E-state index contributed by atoms with van der Waals surface area (Å²) in [5, 5.41) is 6.92. The second-order valence-corrected chi connectivity index (χ2v) is 4.25. The van der Waals surface area contributed by atoms with Gasteiger partial charge in [-0.3, -0.25) is 0 Å². The highest BCUT2D eigenvalue weighted by Crippen LogP contribution is 2.23. The van der Waals surface area contributed by atoms with E-state index < -0.39 is 0 Å². The van der Waals surface area contributed by atoms with Crippen molar-refractivity contribution in [3.05, 3.63) is 41.3 Å². The second-order valence-electron chi connectivity index (χ2n) is 4.25. The third-order valence-corrected chi connectivity index (χ3v) is 2.77. The molecule has 0 fully saturated rings. The SMILES string of the molecule is CCNCc1cccc(F)c1OCc1noc(CC)n1. The number of aryl methyl sites for hydroxylation is 1. The number of nitrogens with zero attached hydrogens (tertiary/aromatic N) is 2. The number of aromatic nitrogens is 2. The van der Waals surface area contributed by atoms with Crippen LogP contribution < -0.4 is 10.1 Å². The minimum Gasteiger partial charge on any atom is -0.482 e. The lowest BCUT2D eigenvalue weighted by Crippen LogP contribution is -2.13. The second kappa shape index (κ2) is 7.00. The van der Waals surface area contributed by atoms with Gasteiger partial charge >= 0.3 is 0 Å². The standard InChI is InChI=1S/C14H18FN3O2/c1-3-13-17-12(18-20-13)9-19-14-10(8-16-4-2)6-5-7-11(14)15/h5-7,16H,3-4,8-9H2,1-2H3. The molecule has 0 saturated carbocycles. The predicted octanol–water partition coefficient (Wildman–Crippen LogP) is 2.46. The van der Waals surface area contributed by atoms with Crippen molar-refractivity contribution in [1.29, 1.82) is 0 Å². The lowest BCUT2D eigenvalue weighted by atomic mass is 10.2. The number of benzene rings is 1. The summed E-state index contributed by atoms with van der Waals surface area (Å²) in [5.74, 6) is 0.806. The number of halogens is 1. The van der Waals surface area contributed by atoms with E-state index in [-0.39, 0.29) is 18.2 Å². The third kappa shape index (κ3) is 3.54. The number of rotatable bonds is 7. The zero-order chi connectivity index (χ0) is 14.4. The lowest BCUT2D eigenvalue weighted by molar-refractivity contribution is 0.269. The molecule has 0 spiro atoms. The Morgan fingerprint density at radius 2 is 2.20 bits per heavy atom. The van der Waals surface area contributed by atoms with Crippen LogP contribution in [0.15, 0.2) is 22.7 Å². The summed E-state index contributed by atoms with van der Waals surface area (Å²) in [6.45, 7) is 5.36. The lowest BCUT2D eigenvalue weighted by Gasteiger charge is -2.11. The number of hydrogen-bond donors (Lipinski definition) is 1. The summed E-state index contributed by atoms with van der Waals surface area (Å²) < 4.78 is 24.3. The maximum atomic E-state index is 13.8. The molecule has 1 heterocycles. The molecule has 0 unspecified atom stereocenters.